The Morgan fingerprint density at radius 2 is 1.93 bits per heavy atom. The van der Waals surface area contributed by atoms with E-state index in [1.807, 2.05) is 30.1 Å². The molecule has 0 radical (unpaired) electrons. The monoisotopic (exact) mass is 403 g/mol. The molecule has 0 unspecified atom stereocenters. The highest BCUT2D eigenvalue weighted by Crippen LogP contribution is 2.33. The first-order chi connectivity index (χ1) is 14.6. The summed E-state index contributed by atoms with van der Waals surface area (Å²) < 4.78 is 13.3. The number of amides is 1. The highest BCUT2D eigenvalue weighted by molar-refractivity contribution is 6.01. The van der Waals surface area contributed by atoms with Crippen LogP contribution in [0.15, 0.2) is 48.7 Å². The second-order valence-electron chi connectivity index (χ2n) is 7.75. The number of likely N-dealkylation sites (N-methyl/N-ethyl adjacent to an activating group) is 1. The first-order valence-corrected chi connectivity index (χ1v) is 10.2. The molecule has 1 amide bonds. The van der Waals surface area contributed by atoms with Crippen LogP contribution in [-0.4, -0.2) is 40.5 Å². The number of nitrogens with zero attached hydrogens (tertiary/aromatic N) is 5. The molecule has 6 nitrogen and oxygen atoms in total. The second-order valence-corrected chi connectivity index (χ2v) is 7.75. The molecule has 0 spiro atoms. The van der Waals surface area contributed by atoms with Crippen LogP contribution >= 0.6 is 0 Å². The maximum Gasteiger partial charge on any atom is 0.249 e. The molecule has 152 valence electrons. The van der Waals surface area contributed by atoms with Crippen molar-refractivity contribution < 1.29 is 9.18 Å². The van der Waals surface area contributed by atoms with Gasteiger partial charge in [0.25, 0.3) is 0 Å². The maximum absolute atomic E-state index is 13.3. The number of halogens is 1. The van der Waals surface area contributed by atoms with Crippen molar-refractivity contribution >= 4 is 17.4 Å². The number of carbonyl (C=O) groups excluding carboxylic acids is 1. The van der Waals surface area contributed by atoms with Crippen LogP contribution in [0.3, 0.4) is 0 Å². The highest BCUT2D eigenvalue weighted by Gasteiger charge is 2.37. The van der Waals surface area contributed by atoms with E-state index in [2.05, 4.69) is 4.98 Å². The van der Waals surface area contributed by atoms with Crippen LogP contribution in [0.1, 0.15) is 24.1 Å². The second kappa shape index (κ2) is 7.48. The third-order valence-electron chi connectivity index (χ3n) is 5.92. The third-order valence-corrected chi connectivity index (χ3v) is 5.92. The van der Waals surface area contributed by atoms with E-state index in [-0.39, 0.29) is 17.8 Å². The number of fused-ring (bicyclic) bond motifs is 1. The number of aryl methyl sites for hydroxylation is 1. The number of anilines is 2. The standard InChI is InChI=1S/C23H22FN5O/c1-28(20-12-14-29(23(20)30)16-10-8-15(24)9-11-16)22-17-5-4-7-18(17)26-21(27-22)19-6-2-3-13-25-19/h2-3,6,8-11,13,20H,4-5,7,12,14H2,1H3/t20-/m0/s1. The normalized spacial score (nSPS) is 18.0. The zero-order chi connectivity index (χ0) is 20.7. The molecule has 0 bridgehead atoms. The quantitative estimate of drug-likeness (QED) is 0.668. The molecule has 5 rings (SSSR count). The van der Waals surface area contributed by atoms with Gasteiger partial charge in [-0.2, -0.15) is 0 Å². The Labute approximate surface area is 174 Å². The van der Waals surface area contributed by atoms with Gasteiger partial charge in [-0.05, 0) is 62.1 Å². The molecule has 1 saturated heterocycles. The number of hydrogen-bond acceptors (Lipinski definition) is 5. The van der Waals surface area contributed by atoms with E-state index in [0.29, 0.717) is 18.8 Å². The van der Waals surface area contributed by atoms with Crippen molar-refractivity contribution in [3.05, 3.63) is 65.7 Å². The van der Waals surface area contributed by atoms with E-state index in [0.717, 1.165) is 47.7 Å². The summed E-state index contributed by atoms with van der Waals surface area (Å²) in [4.78, 5) is 30.9. The number of benzene rings is 1. The SMILES string of the molecule is CN(c1nc(-c2ccccn2)nc2c1CCC2)[C@H]1CCN(c2ccc(F)cc2)C1=O. The molecule has 30 heavy (non-hydrogen) atoms. The smallest absolute Gasteiger partial charge is 0.249 e. The fourth-order valence-corrected chi connectivity index (χ4v) is 4.36. The average molecular weight is 403 g/mol. The fraction of sp³-hybridized carbons (Fsp3) is 0.304. The molecule has 3 aromatic rings. The Hall–Kier alpha value is -3.35. The zero-order valence-electron chi connectivity index (χ0n) is 16.8. The average Bonchev–Trinajstić information content (AvgIpc) is 3.40. The van der Waals surface area contributed by atoms with Gasteiger partial charge in [0.05, 0.1) is 0 Å². The predicted octanol–water partition coefficient (Wildman–Crippen LogP) is 3.41. The number of carbonyl (C=O) groups is 1. The van der Waals surface area contributed by atoms with Gasteiger partial charge in [0, 0.05) is 36.7 Å². The molecule has 0 N–H and O–H groups in total. The molecule has 1 aliphatic heterocycles. The van der Waals surface area contributed by atoms with Crippen LogP contribution in [0.5, 0.6) is 0 Å². The van der Waals surface area contributed by atoms with E-state index in [1.165, 1.54) is 12.1 Å². The van der Waals surface area contributed by atoms with Crippen LogP contribution in [0, 0.1) is 5.82 Å². The summed E-state index contributed by atoms with van der Waals surface area (Å²) in [6.45, 7) is 0.597. The van der Waals surface area contributed by atoms with Crippen LogP contribution < -0.4 is 9.80 Å². The number of hydrogen-bond donors (Lipinski definition) is 0. The van der Waals surface area contributed by atoms with Crippen molar-refractivity contribution in [2.45, 2.75) is 31.7 Å². The van der Waals surface area contributed by atoms with Gasteiger partial charge in [-0.3, -0.25) is 9.78 Å². The first-order valence-electron chi connectivity index (χ1n) is 10.2. The summed E-state index contributed by atoms with van der Waals surface area (Å²) >= 11 is 0. The molecule has 2 aliphatic rings. The Morgan fingerprint density at radius 3 is 2.70 bits per heavy atom. The summed E-state index contributed by atoms with van der Waals surface area (Å²) in [5, 5.41) is 0. The molecule has 1 fully saturated rings. The van der Waals surface area contributed by atoms with Crippen LogP contribution in [0.25, 0.3) is 11.5 Å². The van der Waals surface area contributed by atoms with Crippen molar-refractivity contribution in [2.24, 2.45) is 0 Å². The molecule has 0 saturated carbocycles. The summed E-state index contributed by atoms with van der Waals surface area (Å²) in [5.74, 6) is 1.11. The third kappa shape index (κ3) is 3.20. The molecule has 1 atom stereocenters. The highest BCUT2D eigenvalue weighted by atomic mass is 19.1. The summed E-state index contributed by atoms with van der Waals surface area (Å²) in [6, 6.07) is 11.4. The number of pyridine rings is 1. The Kier molecular flexibility index (Phi) is 4.65. The molecule has 1 aliphatic carbocycles. The van der Waals surface area contributed by atoms with Crippen molar-refractivity contribution in [3.63, 3.8) is 0 Å². The van der Waals surface area contributed by atoms with E-state index in [4.69, 9.17) is 9.97 Å². The summed E-state index contributed by atoms with van der Waals surface area (Å²) in [6.07, 6.45) is 5.29. The lowest BCUT2D eigenvalue weighted by Crippen LogP contribution is -2.40. The zero-order valence-corrected chi connectivity index (χ0v) is 16.8. The van der Waals surface area contributed by atoms with Crippen molar-refractivity contribution in [1.29, 1.82) is 0 Å². The van der Waals surface area contributed by atoms with Gasteiger partial charge < -0.3 is 9.80 Å². The molecule has 1 aromatic carbocycles. The lowest BCUT2D eigenvalue weighted by atomic mass is 10.1. The molecule has 2 aromatic heterocycles. The van der Waals surface area contributed by atoms with Gasteiger partial charge in [0.1, 0.15) is 23.4 Å². The van der Waals surface area contributed by atoms with Gasteiger partial charge in [0.2, 0.25) is 5.91 Å². The van der Waals surface area contributed by atoms with Crippen LogP contribution in [0.2, 0.25) is 0 Å². The Morgan fingerprint density at radius 1 is 1.10 bits per heavy atom. The number of aromatic nitrogens is 3. The minimum Gasteiger partial charge on any atom is -0.347 e. The molecular formula is C23H22FN5O. The van der Waals surface area contributed by atoms with Crippen LogP contribution in [-0.2, 0) is 17.6 Å². The van der Waals surface area contributed by atoms with E-state index in [9.17, 15) is 9.18 Å². The topological polar surface area (TPSA) is 62.2 Å². The largest absolute Gasteiger partial charge is 0.347 e. The van der Waals surface area contributed by atoms with Crippen LogP contribution in [0.4, 0.5) is 15.9 Å². The maximum atomic E-state index is 13.3. The van der Waals surface area contributed by atoms with E-state index >= 15 is 0 Å². The molecule has 3 heterocycles. The van der Waals surface area contributed by atoms with E-state index in [1.54, 1.807) is 23.2 Å². The molecular weight excluding hydrogens is 381 g/mol. The minimum absolute atomic E-state index is 0.00820. The molecule has 7 heteroatoms. The van der Waals surface area contributed by atoms with Gasteiger partial charge >= 0.3 is 0 Å². The fourth-order valence-electron chi connectivity index (χ4n) is 4.36. The summed E-state index contributed by atoms with van der Waals surface area (Å²) in [7, 11) is 1.93. The number of rotatable bonds is 4. The van der Waals surface area contributed by atoms with Gasteiger partial charge in [-0.15, -0.1) is 0 Å². The lowest BCUT2D eigenvalue weighted by Gasteiger charge is -2.27. The summed E-state index contributed by atoms with van der Waals surface area (Å²) in [5.41, 5.74) is 3.63. The van der Waals surface area contributed by atoms with Gasteiger partial charge in [0.15, 0.2) is 5.82 Å². The van der Waals surface area contributed by atoms with Crippen molar-refractivity contribution in [1.82, 2.24) is 15.0 Å². The Bertz CT molecular complexity index is 1090. The van der Waals surface area contributed by atoms with Crippen molar-refractivity contribution in [2.75, 3.05) is 23.4 Å². The van der Waals surface area contributed by atoms with Gasteiger partial charge in [-0.25, -0.2) is 14.4 Å². The first kappa shape index (κ1) is 18.7. The lowest BCUT2D eigenvalue weighted by molar-refractivity contribution is -0.118. The Balaban J connectivity index is 1.48. The van der Waals surface area contributed by atoms with Gasteiger partial charge in [-0.1, -0.05) is 6.07 Å². The van der Waals surface area contributed by atoms with E-state index < -0.39 is 0 Å². The minimum atomic E-state index is -0.314. The van der Waals surface area contributed by atoms with Crippen molar-refractivity contribution in [3.8, 4) is 11.5 Å². The predicted molar refractivity (Wildman–Crippen MR) is 113 cm³/mol.